The van der Waals surface area contributed by atoms with E-state index in [2.05, 4.69) is 13.8 Å². The van der Waals surface area contributed by atoms with Crippen LogP contribution in [0.1, 0.15) is 82.0 Å². The Hall–Kier alpha value is -1.51. The van der Waals surface area contributed by atoms with E-state index >= 15 is 0 Å². The van der Waals surface area contributed by atoms with Crippen molar-refractivity contribution in [1.82, 2.24) is 0 Å². The third-order valence-corrected chi connectivity index (χ3v) is 5.42. The number of unbranched alkanes of at least 4 members (excludes halogenated alkanes) is 2. The monoisotopic (exact) mass is 332 g/mol. The van der Waals surface area contributed by atoms with Crippen molar-refractivity contribution in [2.75, 3.05) is 0 Å². The van der Waals surface area contributed by atoms with Gasteiger partial charge >= 0.3 is 5.97 Å². The molecule has 1 N–H and O–H groups in total. The molecule has 24 heavy (non-hydrogen) atoms. The number of aromatic carboxylic acids is 1. The summed E-state index contributed by atoms with van der Waals surface area (Å²) in [6, 6.07) is 6.80. The number of rotatable bonds is 9. The Bertz CT molecular complexity index is 486. The molecule has 0 saturated heterocycles. The zero-order valence-electron chi connectivity index (χ0n) is 15.2. The molecule has 1 aliphatic carbocycles. The SMILES string of the molecule is CCCCCC1CCC(C(CC)Oc2ccc(C(=O)O)cc2)CC1. The van der Waals surface area contributed by atoms with Gasteiger partial charge in [-0.3, -0.25) is 0 Å². The van der Waals surface area contributed by atoms with E-state index in [1.165, 1.54) is 51.4 Å². The van der Waals surface area contributed by atoms with Gasteiger partial charge in [0.05, 0.1) is 5.56 Å². The van der Waals surface area contributed by atoms with Gasteiger partial charge in [-0.1, -0.05) is 52.4 Å². The molecule has 0 aromatic heterocycles. The molecule has 1 aromatic rings. The first kappa shape index (κ1) is 18.8. The van der Waals surface area contributed by atoms with Gasteiger partial charge in [0.15, 0.2) is 0 Å². The standard InChI is InChI=1S/C21H32O3/c1-3-5-6-7-16-8-10-17(11-9-16)20(4-2)24-19-14-12-18(13-15-19)21(22)23/h12-17,20H,3-11H2,1-2H3,(H,22,23). The highest BCUT2D eigenvalue weighted by atomic mass is 16.5. The molecular formula is C21H32O3. The Morgan fingerprint density at radius 2 is 1.79 bits per heavy atom. The molecule has 1 aromatic carbocycles. The van der Waals surface area contributed by atoms with Crippen LogP contribution in [0.15, 0.2) is 24.3 Å². The quantitative estimate of drug-likeness (QED) is 0.570. The summed E-state index contributed by atoms with van der Waals surface area (Å²) in [5, 5.41) is 8.97. The average Bonchev–Trinajstić information content (AvgIpc) is 2.61. The van der Waals surface area contributed by atoms with E-state index in [1.807, 2.05) is 0 Å². The first-order chi connectivity index (χ1) is 11.6. The van der Waals surface area contributed by atoms with Gasteiger partial charge in [0.25, 0.3) is 0 Å². The minimum absolute atomic E-state index is 0.247. The second kappa shape index (κ2) is 9.71. The van der Waals surface area contributed by atoms with Crippen molar-refractivity contribution >= 4 is 5.97 Å². The van der Waals surface area contributed by atoms with E-state index in [0.717, 1.165) is 18.1 Å². The second-order valence-corrected chi connectivity index (χ2v) is 7.17. The zero-order chi connectivity index (χ0) is 17.4. The Balaban J connectivity index is 1.82. The highest BCUT2D eigenvalue weighted by Crippen LogP contribution is 2.35. The van der Waals surface area contributed by atoms with E-state index in [1.54, 1.807) is 24.3 Å². The third-order valence-electron chi connectivity index (χ3n) is 5.42. The van der Waals surface area contributed by atoms with Crippen LogP contribution < -0.4 is 4.74 Å². The minimum atomic E-state index is -0.894. The van der Waals surface area contributed by atoms with E-state index in [0.29, 0.717) is 11.5 Å². The summed E-state index contributed by atoms with van der Waals surface area (Å²) in [5.74, 6) is 1.45. The fraction of sp³-hybridized carbons (Fsp3) is 0.667. The van der Waals surface area contributed by atoms with Crippen molar-refractivity contribution in [1.29, 1.82) is 0 Å². The molecule has 0 spiro atoms. The number of carboxylic acids is 1. The van der Waals surface area contributed by atoms with E-state index in [9.17, 15) is 4.79 Å². The van der Waals surface area contributed by atoms with Crippen LogP contribution in [0.5, 0.6) is 5.75 Å². The predicted molar refractivity (Wildman–Crippen MR) is 97.7 cm³/mol. The van der Waals surface area contributed by atoms with Crippen LogP contribution in [0.25, 0.3) is 0 Å². The average molecular weight is 332 g/mol. The molecule has 1 aliphatic rings. The summed E-state index contributed by atoms with van der Waals surface area (Å²) in [4.78, 5) is 10.9. The lowest BCUT2D eigenvalue weighted by Gasteiger charge is -2.33. The first-order valence-corrected chi connectivity index (χ1v) is 9.64. The summed E-state index contributed by atoms with van der Waals surface area (Å²) in [7, 11) is 0. The molecule has 1 saturated carbocycles. The Morgan fingerprint density at radius 3 is 2.33 bits per heavy atom. The first-order valence-electron chi connectivity index (χ1n) is 9.64. The van der Waals surface area contributed by atoms with E-state index in [-0.39, 0.29) is 6.10 Å². The molecule has 0 aliphatic heterocycles. The van der Waals surface area contributed by atoms with Gasteiger partial charge in [0.1, 0.15) is 11.9 Å². The van der Waals surface area contributed by atoms with Crippen LogP contribution in [0.4, 0.5) is 0 Å². The smallest absolute Gasteiger partial charge is 0.335 e. The molecule has 0 heterocycles. The maximum absolute atomic E-state index is 10.9. The minimum Gasteiger partial charge on any atom is -0.490 e. The maximum Gasteiger partial charge on any atom is 0.335 e. The fourth-order valence-corrected chi connectivity index (χ4v) is 3.90. The van der Waals surface area contributed by atoms with Gasteiger partial charge in [-0.15, -0.1) is 0 Å². The van der Waals surface area contributed by atoms with Gasteiger partial charge in [0, 0.05) is 0 Å². The van der Waals surface area contributed by atoms with Crippen molar-refractivity contribution in [3.63, 3.8) is 0 Å². The summed E-state index contributed by atoms with van der Waals surface area (Å²) in [6.07, 6.45) is 11.9. The molecule has 1 atom stereocenters. The normalized spacial score (nSPS) is 22.1. The van der Waals surface area contributed by atoms with Crippen LogP contribution in [-0.2, 0) is 0 Å². The molecule has 3 heteroatoms. The highest BCUT2D eigenvalue weighted by Gasteiger charge is 2.27. The highest BCUT2D eigenvalue weighted by molar-refractivity contribution is 5.87. The van der Waals surface area contributed by atoms with Gasteiger partial charge in [0.2, 0.25) is 0 Å². The summed E-state index contributed by atoms with van der Waals surface area (Å²) < 4.78 is 6.18. The maximum atomic E-state index is 10.9. The van der Waals surface area contributed by atoms with Gasteiger partial charge in [-0.2, -0.15) is 0 Å². The molecule has 1 fully saturated rings. The largest absolute Gasteiger partial charge is 0.490 e. The van der Waals surface area contributed by atoms with Crippen LogP contribution in [-0.4, -0.2) is 17.2 Å². The molecule has 1 unspecified atom stereocenters. The number of hydrogen-bond acceptors (Lipinski definition) is 2. The summed E-state index contributed by atoms with van der Waals surface area (Å²) >= 11 is 0. The number of ether oxygens (including phenoxy) is 1. The van der Waals surface area contributed by atoms with E-state index in [4.69, 9.17) is 9.84 Å². The zero-order valence-corrected chi connectivity index (χ0v) is 15.2. The van der Waals surface area contributed by atoms with Crippen molar-refractivity contribution in [2.24, 2.45) is 11.8 Å². The molecule has 0 amide bonds. The number of carboxylic acid groups (broad SMARTS) is 1. The molecular weight excluding hydrogens is 300 g/mol. The molecule has 134 valence electrons. The number of carbonyl (C=O) groups is 1. The van der Waals surface area contributed by atoms with Crippen molar-refractivity contribution in [3.8, 4) is 5.75 Å². The number of hydrogen-bond donors (Lipinski definition) is 1. The van der Waals surface area contributed by atoms with Crippen LogP contribution in [0, 0.1) is 11.8 Å². The van der Waals surface area contributed by atoms with Crippen LogP contribution >= 0.6 is 0 Å². The second-order valence-electron chi connectivity index (χ2n) is 7.17. The molecule has 0 radical (unpaired) electrons. The summed E-state index contributed by atoms with van der Waals surface area (Å²) in [5.41, 5.74) is 0.308. The van der Waals surface area contributed by atoms with Gasteiger partial charge in [-0.05, 0) is 55.4 Å². The topological polar surface area (TPSA) is 46.5 Å². The van der Waals surface area contributed by atoms with Crippen LogP contribution in [0.3, 0.4) is 0 Å². The Kier molecular flexibility index (Phi) is 7.61. The van der Waals surface area contributed by atoms with Gasteiger partial charge < -0.3 is 9.84 Å². The number of benzene rings is 1. The molecule has 2 rings (SSSR count). The van der Waals surface area contributed by atoms with Crippen molar-refractivity contribution in [3.05, 3.63) is 29.8 Å². The Labute approximate surface area is 146 Å². The lowest BCUT2D eigenvalue weighted by atomic mass is 9.77. The third kappa shape index (κ3) is 5.54. The summed E-state index contributed by atoms with van der Waals surface area (Å²) in [6.45, 7) is 4.45. The lowest BCUT2D eigenvalue weighted by molar-refractivity contribution is 0.0696. The van der Waals surface area contributed by atoms with Gasteiger partial charge in [-0.25, -0.2) is 4.79 Å². The molecule has 0 bridgehead atoms. The van der Waals surface area contributed by atoms with E-state index < -0.39 is 5.97 Å². The Morgan fingerprint density at radius 1 is 1.12 bits per heavy atom. The van der Waals surface area contributed by atoms with Crippen LogP contribution in [0.2, 0.25) is 0 Å². The molecule has 3 nitrogen and oxygen atoms in total. The van der Waals surface area contributed by atoms with Crippen molar-refractivity contribution < 1.29 is 14.6 Å². The fourth-order valence-electron chi connectivity index (χ4n) is 3.90. The van der Waals surface area contributed by atoms with Crippen molar-refractivity contribution in [2.45, 2.75) is 77.7 Å². The predicted octanol–water partition coefficient (Wildman–Crippen LogP) is 5.93. The lowest BCUT2D eigenvalue weighted by Crippen LogP contribution is -2.30.